The maximum atomic E-state index is 6.45. The number of rotatable bonds is 6. The molecule has 0 N–H and O–H groups in total. The number of para-hydroxylation sites is 4. The van der Waals surface area contributed by atoms with Crippen LogP contribution in [-0.4, -0.2) is 15.0 Å². The summed E-state index contributed by atoms with van der Waals surface area (Å²) in [4.78, 5) is 19.0. The highest BCUT2D eigenvalue weighted by Crippen LogP contribution is 2.41. The third-order valence-electron chi connectivity index (χ3n) is 9.77. The van der Waals surface area contributed by atoms with E-state index >= 15 is 0 Å². The van der Waals surface area contributed by atoms with Gasteiger partial charge in [0.1, 0.15) is 28.1 Å². The molecule has 0 aliphatic carbocycles. The van der Waals surface area contributed by atoms with Crippen molar-refractivity contribution < 1.29 is 13.3 Å². The van der Waals surface area contributed by atoms with Gasteiger partial charge in [0.25, 0.3) is 0 Å². The molecule has 53 heavy (non-hydrogen) atoms. The first-order chi connectivity index (χ1) is 26.2. The molecule has 0 radical (unpaired) electrons. The number of hydrogen-bond acceptors (Lipinski definition) is 8. The summed E-state index contributed by atoms with van der Waals surface area (Å²) < 4.78 is 19.0. The van der Waals surface area contributed by atoms with Crippen LogP contribution in [0.5, 0.6) is 0 Å². The zero-order chi connectivity index (χ0) is 34.9. The van der Waals surface area contributed by atoms with Gasteiger partial charge in [-0.25, -0.2) is 4.98 Å². The van der Waals surface area contributed by atoms with Gasteiger partial charge in [-0.1, -0.05) is 72.8 Å². The van der Waals surface area contributed by atoms with Crippen molar-refractivity contribution in [1.29, 1.82) is 0 Å². The fraction of sp³-hybridized carbons (Fsp3) is 0. The highest BCUT2D eigenvalue weighted by atomic mass is 16.3. The van der Waals surface area contributed by atoms with E-state index in [1.807, 2.05) is 114 Å². The van der Waals surface area contributed by atoms with E-state index in [2.05, 4.69) is 59.5 Å². The van der Waals surface area contributed by atoms with E-state index in [0.29, 0.717) is 23.2 Å². The molecule has 0 saturated heterocycles. The Kier molecular flexibility index (Phi) is 6.38. The van der Waals surface area contributed by atoms with Crippen LogP contribution in [0.3, 0.4) is 0 Å². The number of benzene rings is 6. The Balaban J connectivity index is 1.03. The van der Waals surface area contributed by atoms with Gasteiger partial charge in [0.2, 0.25) is 17.4 Å². The fourth-order valence-electron chi connectivity index (χ4n) is 7.31. The molecule has 0 aliphatic rings. The predicted molar refractivity (Wildman–Crippen MR) is 211 cm³/mol. The van der Waals surface area contributed by atoms with Crippen LogP contribution in [0.15, 0.2) is 177 Å². The van der Waals surface area contributed by atoms with Crippen molar-refractivity contribution in [3.63, 3.8) is 0 Å². The quantitative estimate of drug-likeness (QED) is 0.171. The van der Waals surface area contributed by atoms with E-state index in [4.69, 9.17) is 28.2 Å². The topological polar surface area (TPSA) is 84.6 Å². The Morgan fingerprint density at radius 3 is 1.51 bits per heavy atom. The van der Waals surface area contributed by atoms with Gasteiger partial charge in [-0.2, -0.15) is 9.97 Å². The van der Waals surface area contributed by atoms with Crippen molar-refractivity contribution in [2.24, 2.45) is 0 Å². The van der Waals surface area contributed by atoms with Crippen LogP contribution < -0.4 is 9.80 Å². The van der Waals surface area contributed by atoms with E-state index in [9.17, 15) is 0 Å². The Morgan fingerprint density at radius 1 is 0.358 bits per heavy atom. The fourth-order valence-corrected chi connectivity index (χ4v) is 7.31. The summed E-state index contributed by atoms with van der Waals surface area (Å²) in [6, 6.07) is 52.8. The number of anilines is 6. The molecule has 0 bridgehead atoms. The molecule has 11 rings (SSSR count). The lowest BCUT2D eigenvalue weighted by molar-refractivity contribution is 0.639. The molecule has 0 unspecified atom stereocenters. The molecule has 8 nitrogen and oxygen atoms in total. The summed E-state index contributed by atoms with van der Waals surface area (Å²) >= 11 is 0. The van der Waals surface area contributed by atoms with E-state index < -0.39 is 0 Å². The molecule has 11 aromatic rings. The van der Waals surface area contributed by atoms with Crippen molar-refractivity contribution in [3.8, 4) is 0 Å². The Hall–Kier alpha value is -7.45. The van der Waals surface area contributed by atoms with E-state index in [1.54, 1.807) is 0 Å². The standard InChI is InChI=1S/C45H27N5O3/c1-3-11-28(12-4-1)49(30-19-21-34-32-15-7-9-17-38(32)51-40(34)25-30)42-24-23-36-37-27-46-45(48-44(37)53-43(36)47-42)50(29-13-5-2-6-14-29)31-20-22-35-33-16-8-10-18-39(33)52-41(35)26-31/h1-27H. The van der Waals surface area contributed by atoms with Crippen molar-refractivity contribution in [2.75, 3.05) is 9.80 Å². The summed E-state index contributed by atoms with van der Waals surface area (Å²) in [5, 5.41) is 5.88. The lowest BCUT2D eigenvalue weighted by Crippen LogP contribution is -2.13. The number of pyridine rings is 1. The zero-order valence-electron chi connectivity index (χ0n) is 28.0. The minimum absolute atomic E-state index is 0.440. The minimum atomic E-state index is 0.440. The normalized spacial score (nSPS) is 11.8. The van der Waals surface area contributed by atoms with Crippen molar-refractivity contribution >= 4 is 101 Å². The van der Waals surface area contributed by atoms with Crippen LogP contribution in [0.25, 0.3) is 66.1 Å². The Morgan fingerprint density at radius 2 is 0.868 bits per heavy atom. The minimum Gasteiger partial charge on any atom is -0.456 e. The van der Waals surface area contributed by atoms with Gasteiger partial charge in [-0.3, -0.25) is 9.80 Å². The molecular weight excluding hydrogens is 659 g/mol. The molecule has 6 aromatic carbocycles. The molecular formula is C45H27N5O3. The average molecular weight is 686 g/mol. The molecule has 0 aliphatic heterocycles. The van der Waals surface area contributed by atoms with Gasteiger partial charge < -0.3 is 13.3 Å². The molecule has 0 saturated carbocycles. The molecule has 5 aromatic heterocycles. The van der Waals surface area contributed by atoms with Gasteiger partial charge in [0, 0.05) is 51.2 Å². The monoisotopic (exact) mass is 685 g/mol. The first-order valence-corrected chi connectivity index (χ1v) is 17.3. The van der Waals surface area contributed by atoms with Crippen LogP contribution in [0, 0.1) is 0 Å². The van der Waals surface area contributed by atoms with Crippen LogP contribution in [0.1, 0.15) is 0 Å². The van der Waals surface area contributed by atoms with Crippen LogP contribution in [0.4, 0.5) is 34.5 Å². The number of furan rings is 3. The van der Waals surface area contributed by atoms with E-state index in [0.717, 1.165) is 77.4 Å². The van der Waals surface area contributed by atoms with Crippen molar-refractivity contribution in [2.45, 2.75) is 0 Å². The highest BCUT2D eigenvalue weighted by molar-refractivity contribution is 6.07. The summed E-state index contributed by atoms with van der Waals surface area (Å²) in [6.07, 6.45) is 1.81. The molecule has 0 spiro atoms. The van der Waals surface area contributed by atoms with Crippen LogP contribution >= 0.6 is 0 Å². The molecule has 0 atom stereocenters. The first-order valence-electron chi connectivity index (χ1n) is 17.3. The first kappa shape index (κ1) is 29.3. The van der Waals surface area contributed by atoms with Crippen molar-refractivity contribution in [3.05, 3.63) is 164 Å². The van der Waals surface area contributed by atoms with Gasteiger partial charge >= 0.3 is 0 Å². The number of fused-ring (bicyclic) bond motifs is 9. The lowest BCUT2D eigenvalue weighted by Gasteiger charge is -2.24. The van der Waals surface area contributed by atoms with E-state index in [-0.39, 0.29) is 0 Å². The van der Waals surface area contributed by atoms with Crippen molar-refractivity contribution in [1.82, 2.24) is 15.0 Å². The Bertz CT molecular complexity index is 2940. The third-order valence-corrected chi connectivity index (χ3v) is 9.77. The third kappa shape index (κ3) is 4.73. The molecule has 8 heteroatoms. The van der Waals surface area contributed by atoms with Crippen LogP contribution in [-0.2, 0) is 0 Å². The highest BCUT2D eigenvalue weighted by Gasteiger charge is 2.22. The zero-order valence-corrected chi connectivity index (χ0v) is 28.0. The summed E-state index contributed by atoms with van der Waals surface area (Å²) in [6.45, 7) is 0. The van der Waals surface area contributed by atoms with Gasteiger partial charge in [0.05, 0.1) is 22.1 Å². The van der Waals surface area contributed by atoms with Gasteiger partial charge in [0.15, 0.2) is 0 Å². The predicted octanol–water partition coefficient (Wildman–Crippen LogP) is 12.5. The number of nitrogens with zero attached hydrogens (tertiary/aromatic N) is 5. The smallest absolute Gasteiger partial charge is 0.237 e. The molecule has 5 heterocycles. The maximum Gasteiger partial charge on any atom is 0.237 e. The molecule has 0 fully saturated rings. The lowest BCUT2D eigenvalue weighted by atomic mass is 10.1. The second-order valence-corrected chi connectivity index (χ2v) is 12.9. The van der Waals surface area contributed by atoms with Gasteiger partial charge in [-0.15, -0.1) is 0 Å². The molecule has 0 amide bonds. The second kappa shape index (κ2) is 11.5. The maximum absolute atomic E-state index is 6.45. The summed E-state index contributed by atoms with van der Waals surface area (Å²) in [7, 11) is 0. The average Bonchev–Trinajstić information content (AvgIpc) is 3.89. The largest absolute Gasteiger partial charge is 0.456 e. The van der Waals surface area contributed by atoms with Crippen LogP contribution in [0.2, 0.25) is 0 Å². The Labute approximate surface area is 301 Å². The number of hydrogen-bond donors (Lipinski definition) is 0. The molecule has 250 valence electrons. The number of aromatic nitrogens is 3. The SMILES string of the molecule is c1ccc(N(c2ccc3c(c2)oc2ccccc23)c2ccc3c(n2)oc2nc(N(c4ccccc4)c4ccc5c(c4)oc4ccccc45)ncc23)cc1. The van der Waals surface area contributed by atoms with E-state index in [1.165, 1.54) is 0 Å². The summed E-state index contributed by atoms with van der Waals surface area (Å²) in [5.74, 6) is 1.15. The van der Waals surface area contributed by atoms with Gasteiger partial charge in [-0.05, 0) is 72.8 Å². The second-order valence-electron chi connectivity index (χ2n) is 12.9. The summed E-state index contributed by atoms with van der Waals surface area (Å²) in [5.41, 5.74) is 7.82.